The van der Waals surface area contributed by atoms with Crippen molar-refractivity contribution in [3.8, 4) is 0 Å². The third-order valence-corrected chi connectivity index (χ3v) is 5.06. The summed E-state index contributed by atoms with van der Waals surface area (Å²) in [5.41, 5.74) is 2.31. The quantitative estimate of drug-likeness (QED) is 0.901. The molecule has 0 unspecified atom stereocenters. The number of hydrogen-bond donors (Lipinski definition) is 1. The lowest BCUT2D eigenvalue weighted by molar-refractivity contribution is 0.593. The lowest BCUT2D eigenvalue weighted by atomic mass is 10.1. The van der Waals surface area contributed by atoms with Gasteiger partial charge in [0, 0.05) is 0 Å². The van der Waals surface area contributed by atoms with E-state index in [1.54, 1.807) is 12.1 Å². The smallest absolute Gasteiger partial charge is 0.262 e. The van der Waals surface area contributed by atoms with Crippen molar-refractivity contribution in [2.75, 3.05) is 4.72 Å². The molecular formula is C14H13BrFNO2S. The van der Waals surface area contributed by atoms with Gasteiger partial charge >= 0.3 is 0 Å². The van der Waals surface area contributed by atoms with Crippen molar-refractivity contribution in [3.05, 3.63) is 57.8 Å². The molecule has 0 spiro atoms. The van der Waals surface area contributed by atoms with E-state index in [0.717, 1.165) is 17.2 Å². The van der Waals surface area contributed by atoms with Gasteiger partial charge in [-0.1, -0.05) is 12.1 Å². The Kier molecular flexibility index (Phi) is 4.15. The minimum atomic E-state index is -3.80. The van der Waals surface area contributed by atoms with Crippen LogP contribution in [0, 0.1) is 19.7 Å². The lowest BCUT2D eigenvalue weighted by Gasteiger charge is -2.12. The fourth-order valence-corrected chi connectivity index (χ4v) is 3.09. The molecule has 0 atom stereocenters. The second-order valence-corrected chi connectivity index (χ2v) is 6.97. The first-order chi connectivity index (χ1) is 9.31. The van der Waals surface area contributed by atoms with Crippen LogP contribution >= 0.6 is 15.9 Å². The van der Waals surface area contributed by atoms with Gasteiger partial charge in [-0.05, 0) is 65.2 Å². The second-order valence-electron chi connectivity index (χ2n) is 4.43. The molecule has 0 radical (unpaired) electrons. The van der Waals surface area contributed by atoms with Crippen molar-refractivity contribution in [1.82, 2.24) is 0 Å². The molecule has 2 aromatic rings. The monoisotopic (exact) mass is 357 g/mol. The van der Waals surface area contributed by atoms with Crippen LogP contribution in [0.15, 0.2) is 45.8 Å². The van der Waals surface area contributed by atoms with Crippen molar-refractivity contribution in [3.63, 3.8) is 0 Å². The standard InChI is InChI=1S/C14H13BrFNO2S/c1-9-4-3-5-14(10(9)2)17-20(18,19)11-6-7-12(15)13(16)8-11/h3-8,17H,1-2H3. The molecule has 0 aliphatic carbocycles. The largest absolute Gasteiger partial charge is 0.279 e. The number of benzene rings is 2. The number of sulfonamides is 1. The number of aryl methyl sites for hydroxylation is 1. The van der Waals surface area contributed by atoms with Gasteiger partial charge in [-0.25, -0.2) is 12.8 Å². The average molecular weight is 358 g/mol. The number of halogens is 2. The third-order valence-electron chi connectivity index (χ3n) is 3.05. The molecule has 0 aromatic heterocycles. The van der Waals surface area contributed by atoms with Gasteiger partial charge in [0.25, 0.3) is 10.0 Å². The maximum atomic E-state index is 13.5. The summed E-state index contributed by atoms with van der Waals surface area (Å²) < 4.78 is 40.6. The van der Waals surface area contributed by atoms with Gasteiger partial charge in [-0.2, -0.15) is 0 Å². The fraction of sp³-hybridized carbons (Fsp3) is 0.143. The van der Waals surface area contributed by atoms with Crippen LogP contribution in [-0.4, -0.2) is 8.42 Å². The third kappa shape index (κ3) is 3.02. The summed E-state index contributed by atoms with van der Waals surface area (Å²) in [7, 11) is -3.80. The minimum absolute atomic E-state index is 0.112. The van der Waals surface area contributed by atoms with Gasteiger partial charge in [0.05, 0.1) is 15.1 Å². The van der Waals surface area contributed by atoms with Crippen LogP contribution in [0.1, 0.15) is 11.1 Å². The Morgan fingerprint density at radius 1 is 1.15 bits per heavy atom. The van der Waals surface area contributed by atoms with Gasteiger partial charge in [-0.15, -0.1) is 0 Å². The number of nitrogens with one attached hydrogen (secondary N) is 1. The summed E-state index contributed by atoms with van der Waals surface area (Å²) in [5.74, 6) is -0.617. The zero-order valence-electron chi connectivity index (χ0n) is 10.9. The SMILES string of the molecule is Cc1cccc(NS(=O)(=O)c2ccc(Br)c(F)c2)c1C. The summed E-state index contributed by atoms with van der Waals surface area (Å²) in [5, 5.41) is 0. The van der Waals surface area contributed by atoms with Crippen molar-refractivity contribution >= 4 is 31.6 Å². The van der Waals surface area contributed by atoms with E-state index in [0.29, 0.717) is 5.69 Å². The molecule has 0 aliphatic rings. The molecule has 0 fully saturated rings. The normalized spacial score (nSPS) is 11.4. The highest BCUT2D eigenvalue weighted by atomic mass is 79.9. The van der Waals surface area contributed by atoms with E-state index >= 15 is 0 Å². The van der Waals surface area contributed by atoms with E-state index < -0.39 is 15.8 Å². The minimum Gasteiger partial charge on any atom is -0.279 e. The summed E-state index contributed by atoms with van der Waals surface area (Å²) in [6.45, 7) is 3.72. The highest BCUT2D eigenvalue weighted by molar-refractivity contribution is 9.10. The van der Waals surface area contributed by atoms with E-state index in [9.17, 15) is 12.8 Å². The number of anilines is 1. The fourth-order valence-electron chi connectivity index (χ4n) is 1.71. The Balaban J connectivity index is 2.41. The van der Waals surface area contributed by atoms with Crippen LogP contribution in [-0.2, 0) is 10.0 Å². The van der Waals surface area contributed by atoms with E-state index in [2.05, 4.69) is 20.7 Å². The molecule has 3 nitrogen and oxygen atoms in total. The van der Waals surface area contributed by atoms with Crippen molar-refractivity contribution < 1.29 is 12.8 Å². The highest BCUT2D eigenvalue weighted by Crippen LogP contribution is 2.24. The molecule has 0 amide bonds. The summed E-state index contributed by atoms with van der Waals surface area (Å²) in [6, 6.07) is 9.04. The molecule has 0 saturated heterocycles. The molecule has 106 valence electrons. The molecule has 2 aromatic carbocycles. The van der Waals surface area contributed by atoms with Gasteiger partial charge in [-0.3, -0.25) is 4.72 Å². The van der Waals surface area contributed by atoms with Crippen LogP contribution < -0.4 is 4.72 Å². The van der Waals surface area contributed by atoms with Crippen LogP contribution in [0.3, 0.4) is 0 Å². The predicted molar refractivity (Wildman–Crippen MR) is 80.8 cm³/mol. The molecule has 0 heterocycles. The Labute approximate surface area is 126 Å². The van der Waals surface area contributed by atoms with Gasteiger partial charge < -0.3 is 0 Å². The maximum absolute atomic E-state index is 13.5. The molecule has 2 rings (SSSR count). The van der Waals surface area contributed by atoms with Crippen LogP contribution in [0.2, 0.25) is 0 Å². The van der Waals surface area contributed by atoms with E-state index in [-0.39, 0.29) is 9.37 Å². The molecule has 0 aliphatic heterocycles. The Morgan fingerprint density at radius 2 is 1.85 bits per heavy atom. The van der Waals surface area contributed by atoms with Crippen molar-refractivity contribution in [2.45, 2.75) is 18.7 Å². The van der Waals surface area contributed by atoms with E-state index in [4.69, 9.17) is 0 Å². The average Bonchev–Trinajstić information content (AvgIpc) is 2.38. The van der Waals surface area contributed by atoms with Gasteiger partial charge in [0.1, 0.15) is 5.82 Å². The van der Waals surface area contributed by atoms with Crippen LogP contribution in [0.5, 0.6) is 0 Å². The Bertz CT molecular complexity index is 760. The van der Waals surface area contributed by atoms with Crippen molar-refractivity contribution in [2.24, 2.45) is 0 Å². The molecular weight excluding hydrogens is 345 g/mol. The summed E-state index contributed by atoms with van der Waals surface area (Å²) >= 11 is 2.99. The first-order valence-corrected chi connectivity index (χ1v) is 8.13. The van der Waals surface area contributed by atoms with Crippen molar-refractivity contribution in [1.29, 1.82) is 0 Å². The Hall–Kier alpha value is -1.40. The van der Waals surface area contributed by atoms with Gasteiger partial charge in [0.2, 0.25) is 0 Å². The Morgan fingerprint density at radius 3 is 2.50 bits per heavy atom. The maximum Gasteiger partial charge on any atom is 0.262 e. The van der Waals surface area contributed by atoms with Crippen LogP contribution in [0.4, 0.5) is 10.1 Å². The highest BCUT2D eigenvalue weighted by Gasteiger charge is 2.17. The molecule has 0 bridgehead atoms. The van der Waals surface area contributed by atoms with Gasteiger partial charge in [0.15, 0.2) is 0 Å². The van der Waals surface area contributed by atoms with Crippen LogP contribution in [0.25, 0.3) is 0 Å². The van der Waals surface area contributed by atoms with E-state index in [1.807, 2.05) is 19.9 Å². The molecule has 1 N–H and O–H groups in total. The number of rotatable bonds is 3. The predicted octanol–water partition coefficient (Wildman–Crippen LogP) is 4.01. The molecule has 20 heavy (non-hydrogen) atoms. The lowest BCUT2D eigenvalue weighted by Crippen LogP contribution is -2.14. The second kappa shape index (κ2) is 5.54. The number of hydrogen-bond acceptors (Lipinski definition) is 2. The zero-order chi connectivity index (χ0) is 14.9. The summed E-state index contributed by atoms with van der Waals surface area (Å²) in [6.07, 6.45) is 0. The molecule has 6 heteroatoms. The zero-order valence-corrected chi connectivity index (χ0v) is 13.3. The topological polar surface area (TPSA) is 46.2 Å². The molecule has 0 saturated carbocycles. The first-order valence-electron chi connectivity index (χ1n) is 5.85. The summed E-state index contributed by atoms with van der Waals surface area (Å²) in [4.78, 5) is -0.112. The first kappa shape index (κ1) is 15.0. The van der Waals surface area contributed by atoms with E-state index in [1.165, 1.54) is 12.1 Å².